The third-order valence-corrected chi connectivity index (χ3v) is 0.804. The molecule has 0 saturated heterocycles. The van der Waals surface area contributed by atoms with Crippen LogP contribution in [0.2, 0.25) is 0 Å². The summed E-state index contributed by atoms with van der Waals surface area (Å²) in [6.07, 6.45) is -6.78. The standard InChI is InChI=1S/C6H5F5O/c1-2-3-12-6(10,11)4(7)5(8)9/h2H,1,3H2. The summed E-state index contributed by atoms with van der Waals surface area (Å²) >= 11 is 0. The molecular formula is C6H5F5O. The lowest BCUT2D eigenvalue weighted by Crippen LogP contribution is -2.22. The van der Waals surface area contributed by atoms with Crippen molar-refractivity contribution in [1.29, 1.82) is 0 Å². The molecule has 12 heavy (non-hydrogen) atoms. The van der Waals surface area contributed by atoms with Gasteiger partial charge in [0.1, 0.15) is 0 Å². The Kier molecular flexibility index (Phi) is 3.88. The molecule has 0 N–H and O–H groups in total. The maximum atomic E-state index is 12.1. The second kappa shape index (κ2) is 4.20. The highest BCUT2D eigenvalue weighted by atomic mass is 19.3. The van der Waals surface area contributed by atoms with E-state index in [1.165, 1.54) is 0 Å². The van der Waals surface area contributed by atoms with Gasteiger partial charge >= 0.3 is 12.2 Å². The van der Waals surface area contributed by atoms with E-state index in [9.17, 15) is 22.0 Å². The van der Waals surface area contributed by atoms with Gasteiger partial charge in [-0.25, -0.2) is 0 Å². The minimum absolute atomic E-state index is 0.715. The van der Waals surface area contributed by atoms with E-state index in [0.717, 1.165) is 6.08 Å². The van der Waals surface area contributed by atoms with E-state index in [1.807, 2.05) is 0 Å². The first-order chi connectivity index (χ1) is 5.41. The van der Waals surface area contributed by atoms with Gasteiger partial charge in [0, 0.05) is 0 Å². The van der Waals surface area contributed by atoms with Gasteiger partial charge in [0.2, 0.25) is 0 Å². The fourth-order valence-electron chi connectivity index (χ4n) is 0.337. The first-order valence-corrected chi connectivity index (χ1v) is 2.75. The topological polar surface area (TPSA) is 9.23 Å². The summed E-state index contributed by atoms with van der Waals surface area (Å²) in [5.41, 5.74) is 0. The quantitative estimate of drug-likeness (QED) is 0.486. The average Bonchev–Trinajstić information content (AvgIpc) is 1.99. The predicted molar refractivity (Wildman–Crippen MR) is 31.4 cm³/mol. The second-order valence-electron chi connectivity index (χ2n) is 1.69. The van der Waals surface area contributed by atoms with E-state index in [4.69, 9.17) is 0 Å². The van der Waals surface area contributed by atoms with Crippen molar-refractivity contribution in [2.45, 2.75) is 6.11 Å². The van der Waals surface area contributed by atoms with E-state index in [-0.39, 0.29) is 0 Å². The Bertz CT molecular complexity index is 194. The molecule has 0 heterocycles. The maximum absolute atomic E-state index is 12.1. The predicted octanol–water partition coefficient (Wildman–Crippen LogP) is 2.86. The molecule has 0 saturated carbocycles. The number of rotatable bonds is 4. The second-order valence-corrected chi connectivity index (χ2v) is 1.69. The SMILES string of the molecule is C=CCOC(F)(F)C(F)=C(F)F. The number of alkyl halides is 2. The summed E-state index contributed by atoms with van der Waals surface area (Å²) in [7, 11) is 0. The molecule has 0 bridgehead atoms. The van der Waals surface area contributed by atoms with E-state index in [0.29, 0.717) is 0 Å². The minimum Gasteiger partial charge on any atom is -0.310 e. The lowest BCUT2D eigenvalue weighted by molar-refractivity contribution is -0.215. The molecule has 1 nitrogen and oxygen atoms in total. The van der Waals surface area contributed by atoms with E-state index in [2.05, 4.69) is 11.3 Å². The van der Waals surface area contributed by atoms with E-state index < -0.39 is 24.6 Å². The van der Waals surface area contributed by atoms with Gasteiger partial charge in [-0.1, -0.05) is 6.08 Å². The van der Waals surface area contributed by atoms with E-state index in [1.54, 1.807) is 0 Å². The largest absolute Gasteiger partial charge is 0.415 e. The molecule has 0 atom stereocenters. The molecule has 0 aromatic rings. The summed E-state index contributed by atoms with van der Waals surface area (Å²) in [6, 6.07) is 0. The van der Waals surface area contributed by atoms with Crippen molar-refractivity contribution in [1.82, 2.24) is 0 Å². The van der Waals surface area contributed by atoms with Crippen LogP contribution in [0.15, 0.2) is 24.6 Å². The Labute approximate surface area is 65.1 Å². The van der Waals surface area contributed by atoms with Crippen LogP contribution in [0.1, 0.15) is 0 Å². The number of halogens is 5. The Balaban J connectivity index is 4.39. The van der Waals surface area contributed by atoms with Gasteiger partial charge < -0.3 is 4.74 Å². The van der Waals surface area contributed by atoms with Crippen LogP contribution in [-0.2, 0) is 4.74 Å². The van der Waals surface area contributed by atoms with Crippen molar-refractivity contribution in [3.05, 3.63) is 24.6 Å². The molecule has 0 aliphatic carbocycles. The van der Waals surface area contributed by atoms with Crippen molar-refractivity contribution in [3.63, 3.8) is 0 Å². The van der Waals surface area contributed by atoms with Crippen LogP contribution in [-0.4, -0.2) is 12.7 Å². The monoisotopic (exact) mass is 188 g/mol. The molecule has 0 aliphatic heterocycles. The van der Waals surface area contributed by atoms with Gasteiger partial charge in [0.25, 0.3) is 5.83 Å². The van der Waals surface area contributed by atoms with Crippen molar-refractivity contribution >= 4 is 0 Å². The minimum atomic E-state index is -4.58. The molecule has 0 aromatic heterocycles. The van der Waals surface area contributed by atoms with Gasteiger partial charge in [-0.05, 0) is 0 Å². The zero-order valence-corrected chi connectivity index (χ0v) is 5.79. The molecule has 0 radical (unpaired) electrons. The zero-order chi connectivity index (χ0) is 9.78. The third-order valence-electron chi connectivity index (χ3n) is 0.804. The molecule has 0 amide bonds. The Hall–Kier alpha value is -0.910. The Morgan fingerprint density at radius 1 is 1.33 bits per heavy atom. The van der Waals surface area contributed by atoms with Crippen LogP contribution in [0.3, 0.4) is 0 Å². The van der Waals surface area contributed by atoms with Gasteiger partial charge in [-0.2, -0.15) is 22.0 Å². The van der Waals surface area contributed by atoms with Crippen molar-refractivity contribution in [2.75, 3.05) is 6.61 Å². The summed E-state index contributed by atoms with van der Waals surface area (Å²) in [5, 5.41) is 0. The average molecular weight is 188 g/mol. The molecule has 0 fully saturated rings. The highest BCUT2D eigenvalue weighted by Gasteiger charge is 2.40. The van der Waals surface area contributed by atoms with E-state index >= 15 is 0 Å². The molecule has 0 aromatic carbocycles. The lowest BCUT2D eigenvalue weighted by Gasteiger charge is -2.11. The van der Waals surface area contributed by atoms with Gasteiger partial charge in [-0.15, -0.1) is 6.58 Å². The fourth-order valence-corrected chi connectivity index (χ4v) is 0.337. The molecule has 0 rings (SSSR count). The van der Waals surface area contributed by atoms with Crippen LogP contribution >= 0.6 is 0 Å². The smallest absolute Gasteiger partial charge is 0.310 e. The van der Waals surface area contributed by atoms with Crippen molar-refractivity contribution in [3.8, 4) is 0 Å². The van der Waals surface area contributed by atoms with Crippen LogP contribution in [0.5, 0.6) is 0 Å². The number of ether oxygens (including phenoxy) is 1. The first kappa shape index (κ1) is 11.1. The van der Waals surface area contributed by atoms with Crippen molar-refractivity contribution < 1.29 is 26.7 Å². The fraction of sp³-hybridized carbons (Fsp3) is 0.333. The zero-order valence-electron chi connectivity index (χ0n) is 5.79. The van der Waals surface area contributed by atoms with Crippen LogP contribution < -0.4 is 0 Å². The highest BCUT2D eigenvalue weighted by Crippen LogP contribution is 2.30. The third kappa shape index (κ3) is 3.00. The molecule has 0 aliphatic rings. The van der Waals surface area contributed by atoms with Crippen LogP contribution in [0.4, 0.5) is 22.0 Å². The number of hydrogen-bond donors (Lipinski definition) is 0. The summed E-state index contributed by atoms with van der Waals surface area (Å²) in [5.74, 6) is -2.87. The molecule has 6 heteroatoms. The first-order valence-electron chi connectivity index (χ1n) is 2.75. The highest BCUT2D eigenvalue weighted by molar-refractivity contribution is 4.99. The number of hydrogen-bond acceptors (Lipinski definition) is 1. The van der Waals surface area contributed by atoms with Crippen LogP contribution in [0, 0.1) is 0 Å². The molecular weight excluding hydrogens is 183 g/mol. The molecule has 0 spiro atoms. The Morgan fingerprint density at radius 3 is 2.17 bits per heavy atom. The maximum Gasteiger partial charge on any atom is 0.415 e. The van der Waals surface area contributed by atoms with Crippen LogP contribution in [0.25, 0.3) is 0 Å². The Morgan fingerprint density at radius 2 is 1.83 bits per heavy atom. The normalized spacial score (nSPS) is 11.1. The lowest BCUT2D eigenvalue weighted by atomic mass is 10.5. The summed E-state index contributed by atoms with van der Waals surface area (Å²) < 4.78 is 62.0. The molecule has 0 unspecified atom stereocenters. The van der Waals surface area contributed by atoms with Gasteiger partial charge in [0.05, 0.1) is 6.61 Å². The summed E-state index contributed by atoms with van der Waals surface area (Å²) in [6.45, 7) is 2.27. The van der Waals surface area contributed by atoms with Gasteiger partial charge in [0.15, 0.2) is 0 Å². The molecule has 70 valence electrons. The summed E-state index contributed by atoms with van der Waals surface area (Å²) in [4.78, 5) is 0. The van der Waals surface area contributed by atoms with Crippen molar-refractivity contribution in [2.24, 2.45) is 0 Å². The van der Waals surface area contributed by atoms with Gasteiger partial charge in [-0.3, -0.25) is 0 Å².